The van der Waals surface area contributed by atoms with Gasteiger partial charge in [0.2, 0.25) is 0 Å². The van der Waals surface area contributed by atoms with E-state index in [0.29, 0.717) is 25.2 Å². The first-order chi connectivity index (χ1) is 16.6. The lowest BCUT2D eigenvalue weighted by atomic mass is 9.89. The normalized spacial score (nSPS) is 21.0. The summed E-state index contributed by atoms with van der Waals surface area (Å²) in [6.07, 6.45) is 2.17. The third kappa shape index (κ3) is 3.51. The highest BCUT2D eigenvalue weighted by molar-refractivity contribution is 5.79. The highest BCUT2D eigenvalue weighted by atomic mass is 19.1. The molecule has 2 unspecified atom stereocenters. The SMILES string of the molecule is Cc1ccc(C2=CC3COCC(C2)N3C(=O)OCC2c3ccccc3-c3ccccc32)c(F)c1. The summed E-state index contributed by atoms with van der Waals surface area (Å²) < 4.78 is 26.3. The van der Waals surface area contributed by atoms with Gasteiger partial charge in [0, 0.05) is 11.5 Å². The molecule has 5 heteroatoms. The number of carbonyl (C=O) groups is 1. The van der Waals surface area contributed by atoms with Crippen molar-refractivity contribution in [2.75, 3.05) is 19.8 Å². The van der Waals surface area contributed by atoms with Crippen molar-refractivity contribution in [3.63, 3.8) is 0 Å². The Morgan fingerprint density at radius 2 is 1.71 bits per heavy atom. The van der Waals surface area contributed by atoms with Gasteiger partial charge in [-0.2, -0.15) is 0 Å². The van der Waals surface area contributed by atoms with Gasteiger partial charge in [0.25, 0.3) is 0 Å². The van der Waals surface area contributed by atoms with Gasteiger partial charge < -0.3 is 9.47 Å². The van der Waals surface area contributed by atoms with Gasteiger partial charge in [0.15, 0.2) is 0 Å². The van der Waals surface area contributed by atoms with E-state index in [2.05, 4.69) is 24.3 Å². The van der Waals surface area contributed by atoms with Crippen molar-refractivity contribution in [3.8, 4) is 11.1 Å². The maximum atomic E-state index is 14.6. The summed E-state index contributed by atoms with van der Waals surface area (Å²) in [5.41, 5.74) is 7.21. The molecule has 6 rings (SSSR count). The fraction of sp³-hybridized carbons (Fsp3) is 0.276. The Balaban J connectivity index is 1.23. The summed E-state index contributed by atoms with van der Waals surface area (Å²) in [7, 11) is 0. The second-order valence-corrected chi connectivity index (χ2v) is 9.35. The first-order valence-corrected chi connectivity index (χ1v) is 11.8. The maximum absolute atomic E-state index is 14.6. The number of morpholine rings is 1. The summed E-state index contributed by atoms with van der Waals surface area (Å²) in [4.78, 5) is 15.1. The summed E-state index contributed by atoms with van der Waals surface area (Å²) in [6.45, 7) is 2.97. The van der Waals surface area contributed by atoms with Gasteiger partial charge in [-0.1, -0.05) is 66.7 Å². The molecule has 3 aromatic rings. The summed E-state index contributed by atoms with van der Waals surface area (Å²) >= 11 is 0. The number of hydrogen-bond acceptors (Lipinski definition) is 3. The second-order valence-electron chi connectivity index (χ2n) is 9.35. The second kappa shape index (κ2) is 8.41. The number of ether oxygens (including phenoxy) is 2. The Kier molecular flexibility index (Phi) is 5.22. The van der Waals surface area contributed by atoms with Crippen LogP contribution in [0.25, 0.3) is 16.7 Å². The standard InChI is InChI=1S/C29H26FNO3/c1-18-10-11-22(28(30)12-18)19-13-20-15-33-16-21(14-19)31(20)29(32)34-17-27-25-8-4-2-6-23(25)24-7-3-5-9-26(24)27/h2-13,20-21,27H,14-17H2,1H3. The number of hydrogen-bond donors (Lipinski definition) is 0. The van der Waals surface area contributed by atoms with Gasteiger partial charge in [0.1, 0.15) is 12.4 Å². The minimum atomic E-state index is -0.333. The van der Waals surface area contributed by atoms with E-state index in [1.54, 1.807) is 11.0 Å². The first-order valence-electron chi connectivity index (χ1n) is 11.8. The third-order valence-electron chi connectivity index (χ3n) is 7.22. The van der Waals surface area contributed by atoms with Crippen LogP contribution < -0.4 is 0 Å². The molecule has 4 nitrogen and oxygen atoms in total. The van der Waals surface area contributed by atoms with Crippen molar-refractivity contribution in [1.82, 2.24) is 4.90 Å². The molecule has 0 spiro atoms. The molecule has 0 saturated carbocycles. The zero-order valence-electron chi connectivity index (χ0n) is 19.0. The molecule has 0 N–H and O–H groups in total. The van der Waals surface area contributed by atoms with E-state index < -0.39 is 0 Å². The quantitative estimate of drug-likeness (QED) is 0.491. The Bertz CT molecular complexity index is 1250. The zero-order valence-corrected chi connectivity index (χ0v) is 19.0. The molecule has 34 heavy (non-hydrogen) atoms. The molecule has 3 aliphatic rings. The van der Waals surface area contributed by atoms with Crippen LogP contribution in [-0.2, 0) is 9.47 Å². The number of benzene rings is 3. The molecule has 2 heterocycles. The lowest BCUT2D eigenvalue weighted by molar-refractivity contribution is -0.0331. The van der Waals surface area contributed by atoms with Crippen LogP contribution in [0.2, 0.25) is 0 Å². The summed E-state index contributed by atoms with van der Waals surface area (Å²) in [6, 6.07) is 21.5. The number of fused-ring (bicyclic) bond motifs is 5. The summed E-state index contributed by atoms with van der Waals surface area (Å²) in [5, 5.41) is 0. The first kappa shape index (κ1) is 21.1. The molecular formula is C29H26FNO3. The lowest BCUT2D eigenvalue weighted by Gasteiger charge is -2.44. The van der Waals surface area contributed by atoms with Crippen molar-refractivity contribution >= 4 is 11.7 Å². The molecule has 1 fully saturated rings. The fourth-order valence-electron chi connectivity index (χ4n) is 5.63. The van der Waals surface area contributed by atoms with E-state index in [9.17, 15) is 9.18 Å². The minimum Gasteiger partial charge on any atom is -0.448 e. The molecule has 0 radical (unpaired) electrons. The average molecular weight is 456 g/mol. The van der Waals surface area contributed by atoms with E-state index in [4.69, 9.17) is 9.47 Å². The molecule has 1 aliphatic carbocycles. The van der Waals surface area contributed by atoms with Gasteiger partial charge in [-0.15, -0.1) is 0 Å². The largest absolute Gasteiger partial charge is 0.448 e. The molecule has 2 bridgehead atoms. The lowest BCUT2D eigenvalue weighted by Crippen LogP contribution is -2.56. The number of aryl methyl sites for hydroxylation is 1. The third-order valence-corrected chi connectivity index (χ3v) is 7.22. The number of amides is 1. The van der Waals surface area contributed by atoms with Crippen LogP contribution in [0.4, 0.5) is 9.18 Å². The zero-order chi connectivity index (χ0) is 23.2. The van der Waals surface area contributed by atoms with Crippen molar-refractivity contribution < 1.29 is 18.7 Å². The van der Waals surface area contributed by atoms with Crippen molar-refractivity contribution in [2.45, 2.75) is 31.3 Å². The molecule has 172 valence electrons. The van der Waals surface area contributed by atoms with Crippen molar-refractivity contribution in [3.05, 3.63) is 101 Å². The van der Waals surface area contributed by atoms with Crippen molar-refractivity contribution in [1.29, 1.82) is 0 Å². The van der Waals surface area contributed by atoms with Gasteiger partial charge in [-0.3, -0.25) is 4.90 Å². The number of nitrogens with zero attached hydrogens (tertiary/aromatic N) is 1. The van der Waals surface area contributed by atoms with Gasteiger partial charge in [-0.25, -0.2) is 9.18 Å². The van der Waals surface area contributed by atoms with Crippen LogP contribution in [-0.4, -0.2) is 42.9 Å². The topological polar surface area (TPSA) is 38.8 Å². The van der Waals surface area contributed by atoms with Crippen LogP contribution in [0, 0.1) is 12.7 Å². The Morgan fingerprint density at radius 3 is 2.38 bits per heavy atom. The number of halogens is 1. The van der Waals surface area contributed by atoms with Gasteiger partial charge in [0.05, 0.1) is 25.3 Å². The smallest absolute Gasteiger partial charge is 0.410 e. The highest BCUT2D eigenvalue weighted by Crippen LogP contribution is 2.44. The Labute approximate surface area is 198 Å². The fourth-order valence-corrected chi connectivity index (χ4v) is 5.63. The minimum absolute atomic E-state index is 0.0185. The number of carbonyl (C=O) groups excluding carboxylic acids is 1. The van der Waals surface area contributed by atoms with E-state index in [-0.39, 0.29) is 36.5 Å². The van der Waals surface area contributed by atoms with Crippen LogP contribution >= 0.6 is 0 Å². The monoisotopic (exact) mass is 455 g/mol. The van der Waals surface area contributed by atoms with E-state index in [0.717, 1.165) is 11.1 Å². The van der Waals surface area contributed by atoms with E-state index in [1.807, 2.05) is 49.4 Å². The van der Waals surface area contributed by atoms with Gasteiger partial charge >= 0.3 is 6.09 Å². The molecule has 3 aromatic carbocycles. The molecule has 2 atom stereocenters. The van der Waals surface area contributed by atoms with Crippen LogP contribution in [0.3, 0.4) is 0 Å². The molecule has 1 amide bonds. The Morgan fingerprint density at radius 1 is 1.00 bits per heavy atom. The molecule has 1 saturated heterocycles. The summed E-state index contributed by atoms with van der Waals surface area (Å²) in [5.74, 6) is -0.204. The maximum Gasteiger partial charge on any atom is 0.410 e. The van der Waals surface area contributed by atoms with Crippen molar-refractivity contribution in [2.24, 2.45) is 0 Å². The van der Waals surface area contributed by atoms with Gasteiger partial charge in [-0.05, 0) is 52.8 Å². The van der Waals surface area contributed by atoms with Crippen LogP contribution in [0.1, 0.15) is 34.6 Å². The van der Waals surface area contributed by atoms with Crippen LogP contribution in [0.15, 0.2) is 72.8 Å². The highest BCUT2D eigenvalue weighted by Gasteiger charge is 2.40. The number of rotatable bonds is 3. The predicted octanol–water partition coefficient (Wildman–Crippen LogP) is 5.94. The Hall–Kier alpha value is -3.44. The predicted molar refractivity (Wildman–Crippen MR) is 129 cm³/mol. The molecule has 0 aromatic heterocycles. The van der Waals surface area contributed by atoms with E-state index >= 15 is 0 Å². The van der Waals surface area contributed by atoms with E-state index in [1.165, 1.54) is 22.3 Å². The average Bonchev–Trinajstić information content (AvgIpc) is 3.15. The molecule has 2 aliphatic heterocycles. The molecular weight excluding hydrogens is 429 g/mol. The van der Waals surface area contributed by atoms with Crippen LogP contribution in [0.5, 0.6) is 0 Å².